The Morgan fingerprint density at radius 1 is 1.07 bits per heavy atom. The van der Waals surface area contributed by atoms with E-state index in [0.717, 1.165) is 5.69 Å². The number of benzene rings is 2. The van der Waals surface area contributed by atoms with Gasteiger partial charge in [0.1, 0.15) is 5.56 Å². The Labute approximate surface area is 167 Å². The van der Waals surface area contributed by atoms with E-state index in [2.05, 4.69) is 5.10 Å². The topological polar surface area (TPSA) is 61.7 Å². The Morgan fingerprint density at radius 2 is 1.79 bits per heavy atom. The van der Waals surface area contributed by atoms with E-state index >= 15 is 0 Å². The Bertz CT molecular complexity index is 1080. The molecule has 0 unspecified atom stereocenters. The van der Waals surface area contributed by atoms with Crippen LogP contribution in [-0.2, 0) is 0 Å². The van der Waals surface area contributed by atoms with E-state index in [1.54, 1.807) is 36.0 Å². The van der Waals surface area contributed by atoms with Gasteiger partial charge in [-0.2, -0.15) is 4.68 Å². The third-order valence-electron chi connectivity index (χ3n) is 4.58. The number of hydrogen-bond donors (Lipinski definition) is 0. The summed E-state index contributed by atoms with van der Waals surface area (Å²) in [6, 6.07) is 14.3. The summed E-state index contributed by atoms with van der Waals surface area (Å²) < 4.78 is 1.18. The van der Waals surface area contributed by atoms with Crippen LogP contribution in [0.3, 0.4) is 0 Å². The molecule has 0 aliphatic carbocycles. The molecule has 0 fully saturated rings. The molecule has 0 N–H and O–H groups in total. The number of hydrogen-bond acceptors (Lipinski definition) is 4. The second kappa shape index (κ2) is 6.69. The third-order valence-corrected chi connectivity index (χ3v) is 4.81. The van der Waals surface area contributed by atoms with Crippen LogP contribution in [0.4, 0.5) is 27.7 Å². The van der Waals surface area contributed by atoms with Gasteiger partial charge in [-0.3, -0.25) is 9.69 Å². The van der Waals surface area contributed by atoms with Crippen molar-refractivity contribution in [1.82, 2.24) is 14.7 Å². The van der Waals surface area contributed by atoms with Gasteiger partial charge in [-0.25, -0.2) is 4.79 Å². The largest absolute Gasteiger partial charge is 0.344 e. The standard InChI is InChI=1S/C20H18ClN5O2/c1-23(2)20(28)25-12-15-18(22-25)24(3)16-10-9-13(21)11-17(16)26(19(15)27)14-7-5-4-6-8-14/h4-12H,1-3H3. The second-order valence-electron chi connectivity index (χ2n) is 6.66. The molecule has 0 spiro atoms. The zero-order valence-electron chi connectivity index (χ0n) is 15.6. The minimum Gasteiger partial charge on any atom is -0.329 e. The third kappa shape index (κ3) is 2.80. The minimum absolute atomic E-state index is 0.285. The van der Waals surface area contributed by atoms with Gasteiger partial charge in [0.05, 0.1) is 17.6 Å². The molecule has 3 aromatic rings. The molecule has 1 aromatic heterocycles. The van der Waals surface area contributed by atoms with E-state index in [4.69, 9.17) is 11.6 Å². The first-order chi connectivity index (χ1) is 13.4. The van der Waals surface area contributed by atoms with E-state index in [1.165, 1.54) is 15.8 Å². The minimum atomic E-state index is -0.336. The fourth-order valence-corrected chi connectivity index (χ4v) is 3.37. The molecular weight excluding hydrogens is 378 g/mol. The number of amides is 2. The second-order valence-corrected chi connectivity index (χ2v) is 7.09. The fourth-order valence-electron chi connectivity index (χ4n) is 3.20. The van der Waals surface area contributed by atoms with Crippen LogP contribution in [0.5, 0.6) is 0 Å². The van der Waals surface area contributed by atoms with Crippen molar-refractivity contribution in [2.24, 2.45) is 0 Å². The predicted octanol–water partition coefficient (Wildman–Crippen LogP) is 4.13. The average Bonchev–Trinajstić information content (AvgIpc) is 3.10. The van der Waals surface area contributed by atoms with Crippen molar-refractivity contribution in [2.75, 3.05) is 30.9 Å². The molecule has 2 amide bonds. The van der Waals surface area contributed by atoms with Gasteiger partial charge in [0.2, 0.25) is 0 Å². The molecule has 1 aliphatic rings. The molecule has 0 saturated heterocycles. The van der Waals surface area contributed by atoms with Gasteiger partial charge >= 0.3 is 6.03 Å². The number of halogens is 1. The molecule has 0 atom stereocenters. The highest BCUT2D eigenvalue weighted by Gasteiger charge is 2.34. The zero-order chi connectivity index (χ0) is 20.0. The molecule has 28 heavy (non-hydrogen) atoms. The van der Waals surface area contributed by atoms with Crippen molar-refractivity contribution >= 4 is 46.4 Å². The Kier molecular flexibility index (Phi) is 4.31. The zero-order valence-corrected chi connectivity index (χ0v) is 16.4. The van der Waals surface area contributed by atoms with Crippen LogP contribution in [-0.4, -0.2) is 47.8 Å². The average molecular weight is 396 g/mol. The van der Waals surface area contributed by atoms with Crippen LogP contribution in [0.25, 0.3) is 0 Å². The highest BCUT2D eigenvalue weighted by Crippen LogP contribution is 2.43. The molecule has 0 bridgehead atoms. The molecule has 0 saturated carbocycles. The van der Waals surface area contributed by atoms with E-state index in [-0.39, 0.29) is 11.9 Å². The number of para-hydroxylation sites is 1. The lowest BCUT2D eigenvalue weighted by Crippen LogP contribution is -2.28. The number of carbonyl (C=O) groups is 2. The SMILES string of the molecule is CN(C)C(=O)n1cc2c(n1)N(C)c1ccc(Cl)cc1N(c1ccccc1)C2=O. The molecule has 4 rings (SSSR count). The lowest BCUT2D eigenvalue weighted by atomic mass is 10.2. The van der Waals surface area contributed by atoms with Crippen LogP contribution in [0.15, 0.2) is 54.7 Å². The summed E-state index contributed by atoms with van der Waals surface area (Å²) in [6.07, 6.45) is 1.47. The molecule has 1 aliphatic heterocycles. The van der Waals surface area contributed by atoms with Gasteiger partial charge in [-0.1, -0.05) is 29.8 Å². The van der Waals surface area contributed by atoms with Crippen molar-refractivity contribution in [3.05, 3.63) is 65.3 Å². The van der Waals surface area contributed by atoms with E-state index < -0.39 is 0 Å². The summed E-state index contributed by atoms with van der Waals surface area (Å²) >= 11 is 6.24. The fraction of sp³-hybridized carbons (Fsp3) is 0.150. The maximum absolute atomic E-state index is 13.5. The summed E-state index contributed by atoms with van der Waals surface area (Å²) in [5, 5.41) is 4.91. The molecule has 7 nitrogen and oxygen atoms in total. The van der Waals surface area contributed by atoms with Crippen molar-refractivity contribution in [3.63, 3.8) is 0 Å². The summed E-state index contributed by atoms with van der Waals surface area (Å²) in [5.41, 5.74) is 2.43. The van der Waals surface area contributed by atoms with Gasteiger partial charge in [0, 0.05) is 31.9 Å². The summed E-state index contributed by atoms with van der Waals surface area (Å²) in [6.45, 7) is 0. The van der Waals surface area contributed by atoms with E-state index in [0.29, 0.717) is 27.8 Å². The normalized spacial score (nSPS) is 13.1. The molecule has 142 valence electrons. The van der Waals surface area contributed by atoms with E-state index in [9.17, 15) is 9.59 Å². The molecule has 0 radical (unpaired) electrons. The molecule has 2 heterocycles. The summed E-state index contributed by atoms with van der Waals surface area (Å²) in [5.74, 6) is 0.120. The lowest BCUT2D eigenvalue weighted by molar-refractivity contribution is 0.100. The smallest absolute Gasteiger partial charge is 0.329 e. The maximum Gasteiger partial charge on any atom is 0.344 e. The van der Waals surface area contributed by atoms with Gasteiger partial charge in [-0.05, 0) is 30.3 Å². The van der Waals surface area contributed by atoms with Crippen LogP contribution >= 0.6 is 11.6 Å². The number of rotatable bonds is 1. The highest BCUT2D eigenvalue weighted by atomic mass is 35.5. The van der Waals surface area contributed by atoms with Gasteiger partial charge in [-0.15, -0.1) is 5.10 Å². The molecule has 2 aromatic carbocycles. The highest BCUT2D eigenvalue weighted by molar-refractivity contribution is 6.31. The van der Waals surface area contributed by atoms with Crippen molar-refractivity contribution in [2.45, 2.75) is 0 Å². The van der Waals surface area contributed by atoms with E-state index in [1.807, 2.05) is 43.4 Å². The molecular formula is C20H18ClN5O2. The van der Waals surface area contributed by atoms with Crippen molar-refractivity contribution in [1.29, 1.82) is 0 Å². The van der Waals surface area contributed by atoms with Gasteiger partial charge in [0.25, 0.3) is 5.91 Å². The number of nitrogens with zero attached hydrogens (tertiary/aromatic N) is 5. The lowest BCUT2D eigenvalue weighted by Gasteiger charge is -2.25. The summed E-state index contributed by atoms with van der Waals surface area (Å²) in [7, 11) is 5.08. The number of anilines is 4. The Hall–Kier alpha value is -3.32. The number of fused-ring (bicyclic) bond motifs is 2. The quantitative estimate of drug-likeness (QED) is 0.621. The monoisotopic (exact) mass is 395 g/mol. The number of carbonyl (C=O) groups excluding carboxylic acids is 2. The molecule has 8 heteroatoms. The van der Waals surface area contributed by atoms with Crippen molar-refractivity contribution in [3.8, 4) is 0 Å². The van der Waals surface area contributed by atoms with Gasteiger partial charge in [0.15, 0.2) is 5.82 Å². The first-order valence-corrected chi connectivity index (χ1v) is 9.00. The van der Waals surface area contributed by atoms with Crippen molar-refractivity contribution < 1.29 is 9.59 Å². The summed E-state index contributed by atoms with van der Waals surface area (Å²) in [4.78, 5) is 30.7. The van der Waals surface area contributed by atoms with Crippen LogP contribution in [0.2, 0.25) is 5.02 Å². The maximum atomic E-state index is 13.5. The number of aromatic nitrogens is 2. The Morgan fingerprint density at radius 3 is 2.46 bits per heavy atom. The van der Waals surface area contributed by atoms with Crippen LogP contribution in [0, 0.1) is 0 Å². The Balaban J connectivity index is 1.97. The van der Waals surface area contributed by atoms with Crippen LogP contribution < -0.4 is 9.80 Å². The predicted molar refractivity (Wildman–Crippen MR) is 109 cm³/mol. The van der Waals surface area contributed by atoms with Gasteiger partial charge < -0.3 is 9.80 Å². The first-order valence-electron chi connectivity index (χ1n) is 8.62. The van der Waals surface area contributed by atoms with Crippen LogP contribution in [0.1, 0.15) is 10.4 Å². The first kappa shape index (κ1) is 18.1.